The Kier molecular flexibility index (Phi) is 5.53. The van der Waals surface area contributed by atoms with Gasteiger partial charge in [0, 0.05) is 30.0 Å². The van der Waals surface area contributed by atoms with Crippen molar-refractivity contribution in [2.75, 3.05) is 0 Å². The van der Waals surface area contributed by atoms with Crippen LogP contribution < -0.4 is 5.32 Å². The third kappa shape index (κ3) is 3.94. The molecule has 1 aliphatic carbocycles. The molecular weight excluding hydrogens is 405 g/mol. The number of aliphatic hydroxyl groups excluding tert-OH is 1. The van der Waals surface area contributed by atoms with Gasteiger partial charge in [-0.15, -0.1) is 0 Å². The number of carbonyl (C=O) groups is 1. The van der Waals surface area contributed by atoms with Crippen LogP contribution in [-0.2, 0) is 6.54 Å². The molecule has 2 aromatic carbocycles. The van der Waals surface area contributed by atoms with Gasteiger partial charge in [-0.2, -0.15) is 0 Å². The third-order valence-corrected chi connectivity index (χ3v) is 6.36. The Bertz CT molecular complexity index is 1230. The maximum Gasteiger partial charge on any atom is 0.253 e. The largest absolute Gasteiger partial charge is 0.391 e. The highest BCUT2D eigenvalue weighted by molar-refractivity contribution is 6.07. The highest BCUT2D eigenvalue weighted by Gasteiger charge is 2.27. The normalized spacial score (nSPS) is 18.7. The molecule has 5 nitrogen and oxygen atoms in total. The summed E-state index contributed by atoms with van der Waals surface area (Å²) in [6, 6.07) is 16.7. The molecule has 1 aliphatic rings. The van der Waals surface area contributed by atoms with Crippen LogP contribution in [0.1, 0.15) is 41.6 Å². The molecule has 2 aromatic heterocycles. The van der Waals surface area contributed by atoms with Crippen LogP contribution in [0, 0.1) is 5.82 Å². The number of nitrogens with one attached hydrogen (secondary N) is 2. The predicted molar refractivity (Wildman–Crippen MR) is 123 cm³/mol. The van der Waals surface area contributed by atoms with E-state index in [1.807, 2.05) is 53.2 Å². The minimum atomic E-state index is -0.552. The summed E-state index contributed by atoms with van der Waals surface area (Å²) >= 11 is 0. The number of hydrogen-bond donors (Lipinski definition) is 3. The fourth-order valence-corrected chi connectivity index (χ4v) is 4.63. The second-order valence-electron chi connectivity index (χ2n) is 8.52. The summed E-state index contributed by atoms with van der Waals surface area (Å²) in [5.41, 5.74) is 4.17. The van der Waals surface area contributed by atoms with Crippen molar-refractivity contribution in [3.63, 3.8) is 0 Å². The van der Waals surface area contributed by atoms with Gasteiger partial charge < -0.3 is 20.0 Å². The predicted octanol–water partition coefficient (Wildman–Crippen LogP) is 4.86. The monoisotopic (exact) mass is 431 g/mol. The number of benzene rings is 2. The molecule has 32 heavy (non-hydrogen) atoms. The minimum absolute atomic E-state index is 0.290. The first-order valence-corrected chi connectivity index (χ1v) is 11.1. The van der Waals surface area contributed by atoms with Crippen molar-refractivity contribution < 1.29 is 14.3 Å². The van der Waals surface area contributed by atoms with Gasteiger partial charge in [-0.3, -0.25) is 4.79 Å². The van der Waals surface area contributed by atoms with E-state index < -0.39 is 11.9 Å². The number of fused-ring (bicyclic) bond motifs is 1. The Morgan fingerprint density at radius 1 is 1.09 bits per heavy atom. The molecule has 0 radical (unpaired) electrons. The molecule has 164 valence electrons. The van der Waals surface area contributed by atoms with Crippen LogP contribution in [0.3, 0.4) is 0 Å². The second kappa shape index (κ2) is 8.63. The summed E-state index contributed by atoms with van der Waals surface area (Å²) in [4.78, 5) is 16.3. The first-order chi connectivity index (χ1) is 15.6. The zero-order chi connectivity index (χ0) is 22.1. The van der Waals surface area contributed by atoms with Gasteiger partial charge in [0.05, 0.1) is 23.2 Å². The van der Waals surface area contributed by atoms with E-state index >= 15 is 0 Å². The van der Waals surface area contributed by atoms with Gasteiger partial charge >= 0.3 is 0 Å². The maximum atomic E-state index is 14.8. The summed E-state index contributed by atoms with van der Waals surface area (Å²) in [7, 11) is 0. The lowest BCUT2D eigenvalue weighted by Gasteiger charge is -2.28. The summed E-state index contributed by atoms with van der Waals surface area (Å²) in [5, 5.41) is 13.5. The molecule has 5 rings (SSSR count). The molecule has 1 fully saturated rings. The SMILES string of the molecule is O=C(N[C@H]1CCCC[C@@H]1O)c1cn(Cc2ccc(-c3ccc[nH]3)cc2)c2cccc(F)c12. The fraction of sp³-hybridized carbons (Fsp3) is 0.269. The molecule has 4 aromatic rings. The van der Waals surface area contributed by atoms with Crippen molar-refractivity contribution >= 4 is 16.8 Å². The summed E-state index contributed by atoms with van der Waals surface area (Å²) in [5.74, 6) is -0.760. The minimum Gasteiger partial charge on any atom is -0.391 e. The van der Waals surface area contributed by atoms with Gasteiger partial charge in [-0.05, 0) is 48.2 Å². The van der Waals surface area contributed by atoms with E-state index in [0.29, 0.717) is 29.4 Å². The molecule has 1 saturated carbocycles. The van der Waals surface area contributed by atoms with Gasteiger partial charge in [0.2, 0.25) is 0 Å². The van der Waals surface area contributed by atoms with Crippen LogP contribution in [0.15, 0.2) is 67.0 Å². The number of nitrogens with zero attached hydrogens (tertiary/aromatic N) is 1. The highest BCUT2D eigenvalue weighted by atomic mass is 19.1. The van der Waals surface area contributed by atoms with Crippen molar-refractivity contribution in [1.29, 1.82) is 0 Å². The number of rotatable bonds is 5. The first-order valence-electron chi connectivity index (χ1n) is 11.1. The Hall–Kier alpha value is -3.38. The third-order valence-electron chi connectivity index (χ3n) is 6.36. The van der Waals surface area contributed by atoms with E-state index in [2.05, 4.69) is 10.3 Å². The number of halogens is 1. The summed E-state index contributed by atoms with van der Waals surface area (Å²) < 4.78 is 16.7. The summed E-state index contributed by atoms with van der Waals surface area (Å²) in [6.45, 7) is 0.518. The molecule has 2 heterocycles. The molecule has 0 bridgehead atoms. The van der Waals surface area contributed by atoms with Crippen LogP contribution in [0.4, 0.5) is 4.39 Å². The Morgan fingerprint density at radius 2 is 1.91 bits per heavy atom. The highest BCUT2D eigenvalue weighted by Crippen LogP contribution is 2.27. The van der Waals surface area contributed by atoms with E-state index in [0.717, 1.165) is 36.1 Å². The van der Waals surface area contributed by atoms with Crippen LogP contribution in [0.25, 0.3) is 22.2 Å². The smallest absolute Gasteiger partial charge is 0.253 e. The quantitative estimate of drug-likeness (QED) is 0.422. The van der Waals surface area contributed by atoms with E-state index in [1.165, 1.54) is 6.07 Å². The van der Waals surface area contributed by atoms with Gasteiger partial charge in [-0.25, -0.2) is 4.39 Å². The van der Waals surface area contributed by atoms with Crippen molar-refractivity contribution in [3.05, 3.63) is 83.9 Å². The number of H-pyrrole nitrogens is 1. The average Bonchev–Trinajstić information content (AvgIpc) is 3.46. The second-order valence-corrected chi connectivity index (χ2v) is 8.52. The molecule has 6 heteroatoms. The number of aliphatic hydroxyl groups is 1. The number of aromatic nitrogens is 2. The number of aromatic amines is 1. The van der Waals surface area contributed by atoms with Crippen molar-refractivity contribution in [2.24, 2.45) is 0 Å². The van der Waals surface area contributed by atoms with Gasteiger partial charge in [0.15, 0.2) is 0 Å². The lowest BCUT2D eigenvalue weighted by Crippen LogP contribution is -2.45. The van der Waals surface area contributed by atoms with Gasteiger partial charge in [0.25, 0.3) is 5.91 Å². The molecule has 0 unspecified atom stereocenters. The zero-order valence-electron chi connectivity index (χ0n) is 17.7. The number of hydrogen-bond acceptors (Lipinski definition) is 2. The van der Waals surface area contributed by atoms with Crippen LogP contribution in [0.5, 0.6) is 0 Å². The molecule has 1 amide bonds. The van der Waals surface area contributed by atoms with E-state index in [1.54, 1.807) is 12.3 Å². The van der Waals surface area contributed by atoms with Crippen LogP contribution >= 0.6 is 0 Å². The van der Waals surface area contributed by atoms with E-state index in [9.17, 15) is 14.3 Å². The fourth-order valence-electron chi connectivity index (χ4n) is 4.63. The molecule has 0 saturated heterocycles. The first kappa shape index (κ1) is 20.5. The molecular formula is C26H26FN3O2. The Labute approximate surface area is 185 Å². The van der Waals surface area contributed by atoms with Crippen molar-refractivity contribution in [1.82, 2.24) is 14.9 Å². The van der Waals surface area contributed by atoms with E-state index in [-0.39, 0.29) is 11.9 Å². The molecule has 0 aliphatic heterocycles. The summed E-state index contributed by atoms with van der Waals surface area (Å²) in [6.07, 6.45) is 6.41. The lowest BCUT2D eigenvalue weighted by molar-refractivity contribution is 0.0718. The number of amides is 1. The zero-order valence-corrected chi connectivity index (χ0v) is 17.7. The average molecular weight is 432 g/mol. The Morgan fingerprint density at radius 3 is 2.66 bits per heavy atom. The molecule has 2 atom stereocenters. The van der Waals surface area contributed by atoms with Crippen LogP contribution in [-0.4, -0.2) is 32.7 Å². The molecule has 0 spiro atoms. The Balaban J connectivity index is 1.44. The van der Waals surface area contributed by atoms with E-state index in [4.69, 9.17) is 0 Å². The topological polar surface area (TPSA) is 70.0 Å². The van der Waals surface area contributed by atoms with Gasteiger partial charge in [0.1, 0.15) is 5.82 Å². The standard InChI is InChI=1S/C26H26FN3O2/c27-20-5-3-8-23-25(20)19(26(32)29-22-6-1-2-9-24(22)31)16-30(23)15-17-10-12-18(13-11-17)21-7-4-14-28-21/h3-5,7-8,10-14,16,22,24,28,31H,1-2,6,9,15H2,(H,29,32)/t22-,24-/m0/s1. The molecule has 3 N–H and O–H groups in total. The van der Waals surface area contributed by atoms with Crippen molar-refractivity contribution in [3.8, 4) is 11.3 Å². The van der Waals surface area contributed by atoms with Crippen molar-refractivity contribution in [2.45, 2.75) is 44.4 Å². The van der Waals surface area contributed by atoms with Gasteiger partial charge in [-0.1, -0.05) is 43.2 Å². The van der Waals surface area contributed by atoms with Crippen LogP contribution in [0.2, 0.25) is 0 Å². The maximum absolute atomic E-state index is 14.8. The number of carbonyl (C=O) groups excluding carboxylic acids is 1. The lowest BCUT2D eigenvalue weighted by atomic mass is 9.92.